The molecule has 0 atom stereocenters. The van der Waals surface area contributed by atoms with E-state index in [1.807, 2.05) is 0 Å². The Kier molecular flexibility index (Phi) is 3.02. The predicted octanol–water partition coefficient (Wildman–Crippen LogP) is 2.48. The number of amides is 1. The van der Waals surface area contributed by atoms with Crippen molar-refractivity contribution >= 4 is 17.3 Å². The maximum absolute atomic E-state index is 13.5. The van der Waals surface area contributed by atoms with Gasteiger partial charge in [-0.25, -0.2) is 4.39 Å². The summed E-state index contributed by atoms with van der Waals surface area (Å²) < 4.78 is 19.0. The van der Waals surface area contributed by atoms with Gasteiger partial charge in [0.1, 0.15) is 18.2 Å². The van der Waals surface area contributed by atoms with Crippen LogP contribution in [0, 0.1) is 5.82 Å². The molecule has 5 heteroatoms. The van der Waals surface area contributed by atoms with Gasteiger partial charge in [-0.15, -0.1) is 0 Å². The molecule has 4 nitrogen and oxygen atoms in total. The molecular formula is C15H13FN2O2. The number of halogens is 1. The second-order valence-electron chi connectivity index (χ2n) is 4.65. The van der Waals surface area contributed by atoms with Gasteiger partial charge >= 0.3 is 0 Å². The molecular weight excluding hydrogens is 259 g/mol. The first-order valence-electron chi connectivity index (χ1n) is 6.22. The van der Waals surface area contributed by atoms with Gasteiger partial charge in [0.15, 0.2) is 0 Å². The van der Waals surface area contributed by atoms with Crippen LogP contribution in [-0.4, -0.2) is 5.91 Å². The minimum Gasteiger partial charge on any atom is -0.487 e. The normalized spacial score (nSPS) is 12.9. The van der Waals surface area contributed by atoms with Gasteiger partial charge in [0.2, 0.25) is 5.91 Å². The van der Waals surface area contributed by atoms with Crippen molar-refractivity contribution in [2.24, 2.45) is 0 Å². The van der Waals surface area contributed by atoms with Gasteiger partial charge in [-0.05, 0) is 17.7 Å². The first-order valence-corrected chi connectivity index (χ1v) is 6.22. The van der Waals surface area contributed by atoms with Crippen LogP contribution in [0.3, 0.4) is 0 Å². The summed E-state index contributed by atoms with van der Waals surface area (Å²) in [5.41, 5.74) is 8.33. The van der Waals surface area contributed by atoms with E-state index in [0.29, 0.717) is 29.1 Å². The van der Waals surface area contributed by atoms with E-state index in [2.05, 4.69) is 5.32 Å². The lowest BCUT2D eigenvalue weighted by molar-refractivity contribution is -0.115. The number of nitrogens with one attached hydrogen (secondary N) is 1. The van der Waals surface area contributed by atoms with Crippen LogP contribution in [0.5, 0.6) is 5.75 Å². The molecule has 2 aromatic rings. The summed E-state index contributed by atoms with van der Waals surface area (Å²) in [4.78, 5) is 11.3. The highest BCUT2D eigenvalue weighted by molar-refractivity contribution is 6.00. The number of hydrogen-bond donors (Lipinski definition) is 2. The second-order valence-corrected chi connectivity index (χ2v) is 4.65. The predicted molar refractivity (Wildman–Crippen MR) is 73.9 cm³/mol. The lowest BCUT2D eigenvalue weighted by Crippen LogP contribution is -2.04. The fraction of sp³-hybridized carbons (Fsp3) is 0.133. The average Bonchev–Trinajstić information content (AvgIpc) is 2.76. The van der Waals surface area contributed by atoms with Crippen LogP contribution in [-0.2, 0) is 17.8 Å². The van der Waals surface area contributed by atoms with Gasteiger partial charge in [0.05, 0.1) is 12.1 Å². The molecule has 0 aliphatic carbocycles. The Balaban J connectivity index is 1.80. The number of nitrogen functional groups attached to an aromatic ring is 1. The van der Waals surface area contributed by atoms with E-state index in [4.69, 9.17) is 10.5 Å². The zero-order valence-electron chi connectivity index (χ0n) is 10.7. The first kappa shape index (κ1) is 12.5. The number of anilines is 2. The summed E-state index contributed by atoms with van der Waals surface area (Å²) in [5, 5.41) is 2.73. The molecule has 0 saturated carbocycles. The molecule has 0 saturated heterocycles. The molecule has 0 fully saturated rings. The number of rotatable bonds is 3. The summed E-state index contributed by atoms with van der Waals surface area (Å²) in [6.07, 6.45) is 0.327. The average molecular weight is 272 g/mol. The maximum Gasteiger partial charge on any atom is 0.228 e. The molecule has 1 heterocycles. The van der Waals surface area contributed by atoms with E-state index in [0.717, 1.165) is 5.56 Å². The Labute approximate surface area is 115 Å². The monoisotopic (exact) mass is 272 g/mol. The summed E-state index contributed by atoms with van der Waals surface area (Å²) in [7, 11) is 0. The van der Waals surface area contributed by atoms with E-state index in [-0.39, 0.29) is 18.3 Å². The van der Waals surface area contributed by atoms with E-state index >= 15 is 0 Å². The van der Waals surface area contributed by atoms with Crippen molar-refractivity contribution in [3.05, 3.63) is 53.3 Å². The van der Waals surface area contributed by atoms with Gasteiger partial charge < -0.3 is 15.8 Å². The van der Waals surface area contributed by atoms with Crippen molar-refractivity contribution in [2.75, 3.05) is 11.1 Å². The van der Waals surface area contributed by atoms with Gasteiger partial charge in [0, 0.05) is 17.3 Å². The number of hydrogen-bond acceptors (Lipinski definition) is 3. The van der Waals surface area contributed by atoms with Crippen LogP contribution >= 0.6 is 0 Å². The fourth-order valence-corrected chi connectivity index (χ4v) is 2.17. The number of fused-ring (bicyclic) bond motifs is 1. The number of ether oxygens (including phenoxy) is 1. The van der Waals surface area contributed by atoms with E-state index in [1.165, 1.54) is 6.07 Å². The standard InChI is InChI=1S/C15H13FN2O2/c16-11-4-2-1-3-9(11)8-20-14-7-13-10(5-12(14)17)6-15(19)18-13/h1-5,7H,6,8,17H2,(H,18,19). The number of benzene rings is 2. The quantitative estimate of drug-likeness (QED) is 0.844. The Morgan fingerprint density at radius 3 is 2.90 bits per heavy atom. The van der Waals surface area contributed by atoms with Gasteiger partial charge in [-0.1, -0.05) is 18.2 Å². The van der Waals surface area contributed by atoms with Gasteiger partial charge in [-0.2, -0.15) is 0 Å². The highest BCUT2D eigenvalue weighted by atomic mass is 19.1. The van der Waals surface area contributed by atoms with Gasteiger partial charge in [0.25, 0.3) is 0 Å². The van der Waals surface area contributed by atoms with Crippen molar-refractivity contribution in [3.63, 3.8) is 0 Å². The molecule has 3 rings (SSSR count). The molecule has 0 radical (unpaired) electrons. The lowest BCUT2D eigenvalue weighted by atomic mass is 10.1. The fourth-order valence-electron chi connectivity index (χ4n) is 2.17. The van der Waals surface area contributed by atoms with Crippen molar-refractivity contribution in [1.29, 1.82) is 0 Å². The summed E-state index contributed by atoms with van der Waals surface area (Å²) in [6.45, 7) is 0.0869. The van der Waals surface area contributed by atoms with E-state index in [9.17, 15) is 9.18 Å². The van der Waals surface area contributed by atoms with E-state index in [1.54, 1.807) is 30.3 Å². The first-order chi connectivity index (χ1) is 9.63. The Morgan fingerprint density at radius 1 is 1.30 bits per heavy atom. The molecule has 1 aliphatic heterocycles. The third-order valence-corrected chi connectivity index (χ3v) is 3.20. The molecule has 0 spiro atoms. The van der Waals surface area contributed by atoms with Gasteiger partial charge in [-0.3, -0.25) is 4.79 Å². The molecule has 0 bridgehead atoms. The van der Waals surface area contributed by atoms with Crippen molar-refractivity contribution in [2.45, 2.75) is 13.0 Å². The minimum absolute atomic E-state index is 0.0642. The highest BCUT2D eigenvalue weighted by Gasteiger charge is 2.19. The summed E-state index contributed by atoms with van der Waals surface area (Å²) in [5.74, 6) is 0.0559. The molecule has 1 aliphatic rings. The van der Waals surface area contributed by atoms with Crippen LogP contribution < -0.4 is 15.8 Å². The Bertz CT molecular complexity index is 686. The third kappa shape index (κ3) is 2.30. The zero-order chi connectivity index (χ0) is 14.1. The lowest BCUT2D eigenvalue weighted by Gasteiger charge is -2.11. The number of carbonyl (C=O) groups is 1. The zero-order valence-corrected chi connectivity index (χ0v) is 10.7. The Hall–Kier alpha value is -2.56. The Morgan fingerprint density at radius 2 is 2.10 bits per heavy atom. The van der Waals surface area contributed by atoms with Crippen LogP contribution in [0.2, 0.25) is 0 Å². The van der Waals surface area contributed by atoms with Crippen LogP contribution in [0.15, 0.2) is 36.4 Å². The number of carbonyl (C=O) groups excluding carboxylic acids is 1. The molecule has 1 amide bonds. The molecule has 3 N–H and O–H groups in total. The molecule has 102 valence electrons. The molecule has 0 unspecified atom stereocenters. The van der Waals surface area contributed by atoms with Crippen molar-refractivity contribution in [3.8, 4) is 5.75 Å². The summed E-state index contributed by atoms with van der Waals surface area (Å²) in [6, 6.07) is 9.79. The second kappa shape index (κ2) is 4.85. The smallest absolute Gasteiger partial charge is 0.228 e. The highest BCUT2D eigenvalue weighted by Crippen LogP contribution is 2.33. The SMILES string of the molecule is Nc1cc2c(cc1OCc1ccccc1F)NC(=O)C2. The van der Waals surface area contributed by atoms with E-state index < -0.39 is 0 Å². The van der Waals surface area contributed by atoms with Crippen molar-refractivity contribution < 1.29 is 13.9 Å². The molecule has 2 aromatic carbocycles. The largest absolute Gasteiger partial charge is 0.487 e. The maximum atomic E-state index is 13.5. The third-order valence-electron chi connectivity index (χ3n) is 3.20. The number of nitrogens with two attached hydrogens (primary N) is 1. The van der Waals surface area contributed by atoms with Crippen LogP contribution in [0.1, 0.15) is 11.1 Å². The minimum atomic E-state index is -0.319. The molecule has 0 aromatic heterocycles. The topological polar surface area (TPSA) is 64.3 Å². The van der Waals surface area contributed by atoms with Crippen LogP contribution in [0.25, 0.3) is 0 Å². The van der Waals surface area contributed by atoms with Crippen LogP contribution in [0.4, 0.5) is 15.8 Å². The molecule has 20 heavy (non-hydrogen) atoms. The summed E-state index contributed by atoms with van der Waals surface area (Å²) >= 11 is 0. The van der Waals surface area contributed by atoms with Crippen molar-refractivity contribution in [1.82, 2.24) is 0 Å².